The fourth-order valence-corrected chi connectivity index (χ4v) is 1.11. The first kappa shape index (κ1) is 8.83. The van der Waals surface area contributed by atoms with Crippen LogP contribution >= 0.6 is 0 Å². The first-order valence-electron chi connectivity index (χ1n) is 3.83. The molecule has 0 aromatic heterocycles. The van der Waals surface area contributed by atoms with E-state index in [2.05, 4.69) is 15.4 Å². The van der Waals surface area contributed by atoms with Gasteiger partial charge in [-0.2, -0.15) is 0 Å². The number of methoxy groups -OCH3 is 1. The number of amides is 2. The molecule has 5 heteroatoms. The van der Waals surface area contributed by atoms with Crippen LogP contribution in [0.3, 0.4) is 0 Å². The minimum Gasteiger partial charge on any atom is -0.469 e. The minimum atomic E-state index is -0.265. The van der Waals surface area contributed by atoms with Gasteiger partial charge in [0.1, 0.15) is 0 Å². The summed E-state index contributed by atoms with van der Waals surface area (Å²) in [4.78, 5) is 21.8. The van der Waals surface area contributed by atoms with Gasteiger partial charge in [-0.25, -0.2) is 4.79 Å². The molecule has 68 valence electrons. The van der Waals surface area contributed by atoms with Gasteiger partial charge in [0.25, 0.3) is 0 Å². The molecule has 1 rings (SSSR count). The molecule has 1 unspecified atom stereocenters. The normalized spacial score (nSPS) is 23.4. The van der Waals surface area contributed by atoms with Crippen molar-refractivity contribution in [1.29, 1.82) is 0 Å². The number of hydrogen-bond acceptors (Lipinski definition) is 3. The number of hydrogen-bond donors (Lipinski definition) is 2. The van der Waals surface area contributed by atoms with Crippen LogP contribution in [0.15, 0.2) is 0 Å². The Morgan fingerprint density at radius 2 is 2.33 bits per heavy atom. The van der Waals surface area contributed by atoms with Crippen LogP contribution < -0.4 is 10.6 Å². The molecule has 1 aliphatic heterocycles. The lowest BCUT2D eigenvalue weighted by Gasteiger charge is -2.09. The Morgan fingerprint density at radius 1 is 1.58 bits per heavy atom. The maximum absolute atomic E-state index is 11.0. The van der Waals surface area contributed by atoms with Crippen LogP contribution in [0, 0.1) is 5.92 Å². The molecule has 0 aliphatic carbocycles. The molecule has 2 N–H and O–H groups in total. The summed E-state index contributed by atoms with van der Waals surface area (Å²) >= 11 is 0. The molecule has 1 aliphatic rings. The zero-order valence-corrected chi connectivity index (χ0v) is 6.92. The Balaban J connectivity index is 2.45. The first-order valence-corrected chi connectivity index (χ1v) is 3.83. The highest BCUT2D eigenvalue weighted by atomic mass is 16.5. The van der Waals surface area contributed by atoms with Crippen LogP contribution in [0.25, 0.3) is 0 Å². The third-order valence-corrected chi connectivity index (χ3v) is 1.82. The molecule has 0 aromatic rings. The average molecular weight is 172 g/mol. The number of nitrogens with one attached hydrogen (secondary N) is 2. The van der Waals surface area contributed by atoms with Crippen molar-refractivity contribution < 1.29 is 14.3 Å². The Labute approximate surface area is 70.5 Å². The molecular formula is C7H12N2O3. The number of carbonyl (C=O) groups is 2. The SMILES string of the molecule is COC(=O)C1CCNC(=O)NC1. The second-order valence-corrected chi connectivity index (χ2v) is 2.65. The van der Waals surface area contributed by atoms with Crippen molar-refractivity contribution in [3.63, 3.8) is 0 Å². The van der Waals surface area contributed by atoms with Crippen LogP contribution in [0.4, 0.5) is 4.79 Å². The van der Waals surface area contributed by atoms with Gasteiger partial charge >= 0.3 is 12.0 Å². The van der Waals surface area contributed by atoms with Crippen LogP contribution in [-0.2, 0) is 9.53 Å². The van der Waals surface area contributed by atoms with E-state index in [1.165, 1.54) is 7.11 Å². The highest BCUT2D eigenvalue weighted by Gasteiger charge is 2.22. The van der Waals surface area contributed by atoms with Crippen molar-refractivity contribution in [2.24, 2.45) is 5.92 Å². The maximum atomic E-state index is 11.0. The zero-order valence-electron chi connectivity index (χ0n) is 6.92. The number of esters is 1. The smallest absolute Gasteiger partial charge is 0.314 e. The molecule has 0 bridgehead atoms. The van der Waals surface area contributed by atoms with Gasteiger partial charge in [0, 0.05) is 13.1 Å². The predicted octanol–water partition coefficient (Wildman–Crippen LogP) is -0.521. The second kappa shape index (κ2) is 3.94. The van der Waals surface area contributed by atoms with Gasteiger partial charge in [0.2, 0.25) is 0 Å². The summed E-state index contributed by atoms with van der Waals surface area (Å²) in [6.45, 7) is 0.879. The van der Waals surface area contributed by atoms with Gasteiger partial charge in [-0.1, -0.05) is 0 Å². The Morgan fingerprint density at radius 3 is 3.00 bits per heavy atom. The molecule has 5 nitrogen and oxygen atoms in total. The van der Waals surface area contributed by atoms with Crippen molar-refractivity contribution in [2.75, 3.05) is 20.2 Å². The van der Waals surface area contributed by atoms with Gasteiger partial charge in [-0.3, -0.25) is 4.79 Å². The van der Waals surface area contributed by atoms with E-state index in [1.807, 2.05) is 0 Å². The minimum absolute atomic E-state index is 0.214. The van der Waals surface area contributed by atoms with Crippen molar-refractivity contribution >= 4 is 12.0 Å². The summed E-state index contributed by atoms with van der Waals surface area (Å²) in [6.07, 6.45) is 0.630. The van der Waals surface area contributed by atoms with Crippen LogP contribution in [0.5, 0.6) is 0 Å². The third-order valence-electron chi connectivity index (χ3n) is 1.82. The monoisotopic (exact) mass is 172 g/mol. The van der Waals surface area contributed by atoms with Crippen molar-refractivity contribution in [1.82, 2.24) is 10.6 Å². The van der Waals surface area contributed by atoms with E-state index < -0.39 is 0 Å². The van der Waals surface area contributed by atoms with Gasteiger partial charge in [0.05, 0.1) is 13.0 Å². The number of ether oxygens (including phenoxy) is 1. The molecule has 2 amide bonds. The summed E-state index contributed by atoms with van der Waals surface area (Å²) in [5.41, 5.74) is 0. The van der Waals surface area contributed by atoms with E-state index in [1.54, 1.807) is 0 Å². The van der Waals surface area contributed by atoms with E-state index in [9.17, 15) is 9.59 Å². The quantitative estimate of drug-likeness (QED) is 0.523. The molecule has 1 saturated heterocycles. The Kier molecular flexibility index (Phi) is 2.90. The maximum Gasteiger partial charge on any atom is 0.314 e. The molecule has 1 atom stereocenters. The molecule has 0 saturated carbocycles. The Bertz CT molecular complexity index is 193. The number of urea groups is 1. The lowest BCUT2D eigenvalue weighted by molar-refractivity contribution is -0.145. The van der Waals surface area contributed by atoms with Crippen LogP contribution in [0.1, 0.15) is 6.42 Å². The van der Waals surface area contributed by atoms with Gasteiger partial charge < -0.3 is 15.4 Å². The second-order valence-electron chi connectivity index (χ2n) is 2.65. The standard InChI is InChI=1S/C7H12N2O3/c1-12-6(10)5-2-3-8-7(11)9-4-5/h5H,2-4H2,1H3,(H2,8,9,11). The summed E-state index contributed by atoms with van der Waals surface area (Å²) in [7, 11) is 1.35. The van der Waals surface area contributed by atoms with E-state index in [4.69, 9.17) is 0 Å². The topological polar surface area (TPSA) is 67.4 Å². The van der Waals surface area contributed by atoms with Crippen LogP contribution in [0.2, 0.25) is 0 Å². The molecule has 1 fully saturated rings. The summed E-state index contributed by atoms with van der Waals surface area (Å²) < 4.78 is 4.56. The summed E-state index contributed by atoms with van der Waals surface area (Å²) in [5, 5.41) is 5.15. The fourth-order valence-electron chi connectivity index (χ4n) is 1.11. The summed E-state index contributed by atoms with van der Waals surface area (Å²) in [6, 6.07) is -0.221. The molecule has 12 heavy (non-hydrogen) atoms. The lowest BCUT2D eigenvalue weighted by atomic mass is 10.1. The highest BCUT2D eigenvalue weighted by Crippen LogP contribution is 2.05. The first-order chi connectivity index (χ1) is 5.74. The van der Waals surface area contributed by atoms with E-state index in [0.717, 1.165) is 0 Å². The van der Waals surface area contributed by atoms with E-state index in [-0.39, 0.29) is 17.9 Å². The van der Waals surface area contributed by atoms with Crippen molar-refractivity contribution in [2.45, 2.75) is 6.42 Å². The molecule has 0 spiro atoms. The zero-order chi connectivity index (χ0) is 8.97. The molecule has 1 heterocycles. The van der Waals surface area contributed by atoms with Crippen molar-refractivity contribution in [3.05, 3.63) is 0 Å². The molecule has 0 radical (unpaired) electrons. The van der Waals surface area contributed by atoms with Gasteiger partial charge in [-0.05, 0) is 6.42 Å². The predicted molar refractivity (Wildman–Crippen MR) is 41.5 cm³/mol. The number of rotatable bonds is 1. The third kappa shape index (κ3) is 2.11. The van der Waals surface area contributed by atoms with Crippen molar-refractivity contribution in [3.8, 4) is 0 Å². The van der Waals surface area contributed by atoms with E-state index in [0.29, 0.717) is 19.5 Å². The Hall–Kier alpha value is -1.26. The number of carbonyl (C=O) groups excluding carboxylic acids is 2. The molecular weight excluding hydrogens is 160 g/mol. The average Bonchev–Trinajstić information content (AvgIpc) is 2.29. The largest absolute Gasteiger partial charge is 0.469 e. The fraction of sp³-hybridized carbons (Fsp3) is 0.714. The van der Waals surface area contributed by atoms with Crippen LogP contribution in [-0.4, -0.2) is 32.2 Å². The highest BCUT2D eigenvalue weighted by molar-refractivity contribution is 5.77. The molecule has 0 aromatic carbocycles. The van der Waals surface area contributed by atoms with Gasteiger partial charge in [0.15, 0.2) is 0 Å². The lowest BCUT2D eigenvalue weighted by Crippen LogP contribution is -2.34. The van der Waals surface area contributed by atoms with E-state index >= 15 is 0 Å². The van der Waals surface area contributed by atoms with Gasteiger partial charge in [-0.15, -0.1) is 0 Å². The summed E-state index contributed by atoms with van der Waals surface area (Å²) in [5.74, 6) is -0.479.